The number of ether oxygens (including phenoxy) is 2. The van der Waals surface area contributed by atoms with Gasteiger partial charge in [-0.2, -0.15) is 5.10 Å². The number of aromatic carboxylic acids is 1. The maximum atomic E-state index is 11.6. The van der Waals surface area contributed by atoms with E-state index in [0.29, 0.717) is 17.9 Å². The van der Waals surface area contributed by atoms with Crippen LogP contribution in [0.5, 0.6) is 5.75 Å². The first kappa shape index (κ1) is 21.6. The molecular weight excluding hydrogens is 378 g/mol. The number of methoxy groups -OCH3 is 1. The molecule has 3 N–H and O–H groups in total. The molecule has 2 amide bonds. The van der Waals surface area contributed by atoms with Gasteiger partial charge in [-0.1, -0.05) is 24.3 Å². The third-order valence-electron chi connectivity index (χ3n) is 3.68. The van der Waals surface area contributed by atoms with Crippen LogP contribution in [0.2, 0.25) is 0 Å². The van der Waals surface area contributed by atoms with E-state index in [9.17, 15) is 14.4 Å². The van der Waals surface area contributed by atoms with Gasteiger partial charge >= 0.3 is 17.8 Å². The van der Waals surface area contributed by atoms with E-state index >= 15 is 0 Å². The second kappa shape index (κ2) is 11.2. The molecule has 152 valence electrons. The van der Waals surface area contributed by atoms with E-state index in [1.807, 2.05) is 0 Å². The predicted molar refractivity (Wildman–Crippen MR) is 105 cm³/mol. The van der Waals surface area contributed by atoms with Crippen molar-refractivity contribution in [3.8, 4) is 5.75 Å². The molecule has 0 heterocycles. The van der Waals surface area contributed by atoms with Crippen molar-refractivity contribution in [1.82, 2.24) is 10.7 Å². The molecule has 0 bridgehead atoms. The highest BCUT2D eigenvalue weighted by Gasteiger charge is 2.11. The summed E-state index contributed by atoms with van der Waals surface area (Å²) in [6.45, 7) is 0.738. The Labute approximate surface area is 167 Å². The smallest absolute Gasteiger partial charge is 0.335 e. The molecule has 0 spiro atoms. The minimum Gasteiger partial charge on any atom is -0.488 e. The quantitative estimate of drug-likeness (QED) is 0.252. The van der Waals surface area contributed by atoms with Gasteiger partial charge in [-0.15, -0.1) is 0 Å². The van der Waals surface area contributed by atoms with Gasteiger partial charge < -0.3 is 19.9 Å². The van der Waals surface area contributed by atoms with Crippen molar-refractivity contribution in [2.45, 2.75) is 6.61 Å². The zero-order valence-electron chi connectivity index (χ0n) is 15.8. The summed E-state index contributed by atoms with van der Waals surface area (Å²) in [4.78, 5) is 34.1. The molecule has 9 nitrogen and oxygen atoms in total. The van der Waals surface area contributed by atoms with Gasteiger partial charge in [-0.25, -0.2) is 10.2 Å². The molecule has 0 atom stereocenters. The Hall–Kier alpha value is -3.72. The van der Waals surface area contributed by atoms with E-state index in [0.717, 1.165) is 5.56 Å². The largest absolute Gasteiger partial charge is 0.488 e. The summed E-state index contributed by atoms with van der Waals surface area (Å²) in [7, 11) is 1.49. The first-order chi connectivity index (χ1) is 14.0. The van der Waals surface area contributed by atoms with E-state index in [1.54, 1.807) is 36.4 Å². The average molecular weight is 399 g/mol. The van der Waals surface area contributed by atoms with Crippen molar-refractivity contribution in [1.29, 1.82) is 0 Å². The van der Waals surface area contributed by atoms with Crippen LogP contribution in [0.4, 0.5) is 0 Å². The van der Waals surface area contributed by atoms with E-state index in [4.69, 9.17) is 14.6 Å². The van der Waals surface area contributed by atoms with Crippen LogP contribution in [0.15, 0.2) is 53.6 Å². The van der Waals surface area contributed by atoms with Gasteiger partial charge in [0.2, 0.25) is 0 Å². The van der Waals surface area contributed by atoms with E-state index in [-0.39, 0.29) is 18.7 Å². The van der Waals surface area contributed by atoms with Gasteiger partial charge in [0.05, 0.1) is 18.4 Å². The Morgan fingerprint density at radius 3 is 2.48 bits per heavy atom. The number of carboxylic acids is 1. The molecule has 0 radical (unpaired) electrons. The van der Waals surface area contributed by atoms with Crippen LogP contribution in [0.1, 0.15) is 21.5 Å². The van der Waals surface area contributed by atoms with Crippen LogP contribution < -0.4 is 15.5 Å². The minimum absolute atomic E-state index is 0.197. The second-order valence-corrected chi connectivity index (χ2v) is 5.78. The van der Waals surface area contributed by atoms with Crippen molar-refractivity contribution in [2.24, 2.45) is 5.10 Å². The summed E-state index contributed by atoms with van der Waals surface area (Å²) >= 11 is 0. The summed E-state index contributed by atoms with van der Waals surface area (Å²) in [5.74, 6) is -2.19. The number of nitrogens with zero attached hydrogens (tertiary/aromatic N) is 1. The number of hydrogen-bond donors (Lipinski definition) is 3. The Kier molecular flexibility index (Phi) is 8.33. The maximum Gasteiger partial charge on any atom is 0.335 e. The Morgan fingerprint density at radius 2 is 1.79 bits per heavy atom. The molecule has 0 saturated heterocycles. The van der Waals surface area contributed by atoms with Gasteiger partial charge in [-0.3, -0.25) is 9.59 Å². The zero-order valence-corrected chi connectivity index (χ0v) is 15.8. The lowest BCUT2D eigenvalue weighted by molar-refractivity contribution is -0.139. The van der Waals surface area contributed by atoms with Crippen molar-refractivity contribution < 1.29 is 29.0 Å². The summed E-state index contributed by atoms with van der Waals surface area (Å²) in [6, 6.07) is 13.4. The highest BCUT2D eigenvalue weighted by molar-refractivity contribution is 6.35. The molecule has 0 fully saturated rings. The average Bonchev–Trinajstić information content (AvgIpc) is 2.73. The van der Waals surface area contributed by atoms with E-state index in [1.165, 1.54) is 25.5 Å². The topological polar surface area (TPSA) is 126 Å². The van der Waals surface area contributed by atoms with Crippen LogP contribution in [-0.2, 0) is 20.9 Å². The SMILES string of the molecule is COCCNC(=O)C(=O)N/N=C\c1ccccc1OCc1ccc(C(=O)O)cc1. The number of carbonyl (C=O) groups is 3. The normalized spacial score (nSPS) is 10.5. The molecule has 2 aromatic rings. The van der Waals surface area contributed by atoms with Crippen molar-refractivity contribution in [3.05, 3.63) is 65.2 Å². The number of rotatable bonds is 9. The highest BCUT2D eigenvalue weighted by atomic mass is 16.5. The fourth-order valence-corrected chi connectivity index (χ4v) is 2.18. The molecule has 0 aliphatic carbocycles. The van der Waals surface area contributed by atoms with Gasteiger partial charge in [0.15, 0.2) is 0 Å². The fourth-order valence-electron chi connectivity index (χ4n) is 2.18. The number of carboxylic acid groups (broad SMARTS) is 1. The lowest BCUT2D eigenvalue weighted by atomic mass is 10.1. The van der Waals surface area contributed by atoms with Crippen molar-refractivity contribution >= 4 is 24.0 Å². The van der Waals surface area contributed by atoms with Gasteiger partial charge in [0.25, 0.3) is 0 Å². The number of carbonyl (C=O) groups excluding carboxylic acids is 2. The molecule has 0 aliphatic rings. The molecule has 0 aliphatic heterocycles. The van der Waals surface area contributed by atoms with E-state index < -0.39 is 17.8 Å². The molecule has 2 aromatic carbocycles. The fraction of sp³-hybridized carbons (Fsp3) is 0.200. The Morgan fingerprint density at radius 1 is 1.07 bits per heavy atom. The Bertz CT molecular complexity index is 880. The molecular formula is C20H21N3O6. The summed E-state index contributed by atoms with van der Waals surface area (Å²) in [5.41, 5.74) is 3.73. The number of hydrogen-bond acceptors (Lipinski definition) is 6. The molecule has 9 heteroatoms. The third-order valence-corrected chi connectivity index (χ3v) is 3.68. The van der Waals surface area contributed by atoms with E-state index in [2.05, 4.69) is 15.8 Å². The minimum atomic E-state index is -0.992. The summed E-state index contributed by atoms with van der Waals surface area (Å²) in [5, 5.41) is 15.1. The molecule has 0 aromatic heterocycles. The zero-order chi connectivity index (χ0) is 21.1. The lowest BCUT2D eigenvalue weighted by Crippen LogP contribution is -2.39. The Balaban J connectivity index is 1.92. The molecule has 29 heavy (non-hydrogen) atoms. The third kappa shape index (κ3) is 7.07. The standard InChI is InChI=1S/C20H21N3O6/c1-28-11-10-21-18(24)19(25)23-22-12-16-4-2-3-5-17(16)29-13-14-6-8-15(9-7-14)20(26)27/h2-9,12H,10-11,13H2,1H3,(H,21,24)(H,23,25)(H,26,27)/b22-12-. The molecule has 2 rings (SSSR count). The van der Waals surface area contributed by atoms with Crippen LogP contribution in [0.3, 0.4) is 0 Å². The number of amides is 2. The van der Waals surface area contributed by atoms with Gasteiger partial charge in [0.1, 0.15) is 12.4 Å². The summed E-state index contributed by atoms with van der Waals surface area (Å²) in [6.07, 6.45) is 1.36. The van der Waals surface area contributed by atoms with Crippen LogP contribution in [0.25, 0.3) is 0 Å². The predicted octanol–water partition coefficient (Wildman–Crippen LogP) is 1.18. The molecule has 0 saturated carbocycles. The van der Waals surface area contributed by atoms with Crippen molar-refractivity contribution in [2.75, 3.05) is 20.3 Å². The second-order valence-electron chi connectivity index (χ2n) is 5.78. The first-order valence-corrected chi connectivity index (χ1v) is 8.65. The monoisotopic (exact) mass is 399 g/mol. The van der Waals surface area contributed by atoms with Crippen molar-refractivity contribution in [3.63, 3.8) is 0 Å². The number of nitrogens with one attached hydrogen (secondary N) is 2. The van der Waals surface area contributed by atoms with Gasteiger partial charge in [0, 0.05) is 19.2 Å². The summed E-state index contributed by atoms with van der Waals surface area (Å²) < 4.78 is 10.5. The van der Waals surface area contributed by atoms with Crippen LogP contribution >= 0.6 is 0 Å². The van der Waals surface area contributed by atoms with Crippen LogP contribution in [0, 0.1) is 0 Å². The highest BCUT2D eigenvalue weighted by Crippen LogP contribution is 2.18. The lowest BCUT2D eigenvalue weighted by Gasteiger charge is -2.09. The molecule has 0 unspecified atom stereocenters. The van der Waals surface area contributed by atoms with Crippen LogP contribution in [-0.4, -0.2) is 49.4 Å². The maximum absolute atomic E-state index is 11.6. The van der Waals surface area contributed by atoms with Gasteiger partial charge in [-0.05, 0) is 29.8 Å². The number of hydrazone groups is 1. The number of para-hydroxylation sites is 1. The first-order valence-electron chi connectivity index (χ1n) is 8.65. The number of benzene rings is 2.